The van der Waals surface area contributed by atoms with Crippen molar-refractivity contribution in [2.75, 3.05) is 43.7 Å². The quantitative estimate of drug-likeness (QED) is 0.332. The molecule has 0 aliphatic carbocycles. The molecule has 2 fully saturated rings. The van der Waals surface area contributed by atoms with E-state index < -0.39 is 10.0 Å². The number of halogens is 2. The number of hydrogen-bond acceptors (Lipinski definition) is 4. The van der Waals surface area contributed by atoms with Gasteiger partial charge in [-0.1, -0.05) is 35.3 Å². The van der Waals surface area contributed by atoms with Crippen LogP contribution in [0, 0.1) is 5.92 Å². The molecular formula is C29H34Cl2N4O3S. The third kappa shape index (κ3) is 7.17. The number of fused-ring (bicyclic) bond motifs is 1. The van der Waals surface area contributed by atoms with Gasteiger partial charge in [-0.3, -0.25) is 9.52 Å². The van der Waals surface area contributed by atoms with E-state index in [1.807, 2.05) is 29.2 Å². The van der Waals surface area contributed by atoms with E-state index >= 15 is 0 Å². The Bertz CT molecular complexity index is 1470. The molecule has 39 heavy (non-hydrogen) atoms. The molecule has 0 bridgehead atoms. The first kappa shape index (κ1) is 28.0. The van der Waals surface area contributed by atoms with E-state index in [1.165, 1.54) is 5.56 Å². The topological polar surface area (TPSA) is 85.5 Å². The Hall–Kier alpha value is -2.52. The van der Waals surface area contributed by atoms with E-state index in [0.717, 1.165) is 81.1 Å². The van der Waals surface area contributed by atoms with Gasteiger partial charge >= 0.3 is 0 Å². The van der Waals surface area contributed by atoms with Crippen LogP contribution in [0.3, 0.4) is 0 Å². The second-order valence-corrected chi connectivity index (χ2v) is 13.3. The molecule has 0 spiro atoms. The number of benzene rings is 2. The molecular weight excluding hydrogens is 555 g/mol. The first-order chi connectivity index (χ1) is 18.6. The van der Waals surface area contributed by atoms with Crippen LogP contribution >= 0.6 is 23.2 Å². The van der Waals surface area contributed by atoms with Gasteiger partial charge in [0.2, 0.25) is 15.9 Å². The number of aromatic nitrogens is 1. The maximum atomic E-state index is 12.7. The zero-order valence-corrected chi connectivity index (χ0v) is 24.3. The average Bonchev–Trinajstić information content (AvgIpc) is 3.32. The largest absolute Gasteiger partial charge is 0.361 e. The molecule has 0 saturated carbocycles. The molecule has 2 aromatic carbocycles. The standard InChI is InChI=1S/C29H34Cl2N4O3S/c1-39(37,38)33-23-4-5-24-25(18-32-28(24)17-23)22-10-12-34(13-11-22)19-21-8-14-35(15-9-21)29(36)7-3-20-2-6-26(30)27(31)16-20/h2-7,16-18,21-22,32-33H,8-15,19H2,1H3/b7-3+. The summed E-state index contributed by atoms with van der Waals surface area (Å²) in [5.74, 6) is 1.14. The summed E-state index contributed by atoms with van der Waals surface area (Å²) in [6.07, 6.45) is 10.9. The molecule has 2 saturated heterocycles. The average molecular weight is 590 g/mol. The van der Waals surface area contributed by atoms with Crippen LogP contribution in [-0.2, 0) is 14.8 Å². The number of carbonyl (C=O) groups is 1. The van der Waals surface area contributed by atoms with Crippen LogP contribution in [0.2, 0.25) is 10.0 Å². The first-order valence-corrected chi connectivity index (χ1v) is 16.0. The third-order valence-corrected chi connectivity index (χ3v) is 9.19. The van der Waals surface area contributed by atoms with Crippen molar-refractivity contribution in [1.82, 2.24) is 14.8 Å². The molecule has 0 unspecified atom stereocenters. The molecule has 2 aliphatic heterocycles. The number of anilines is 1. The number of nitrogens with one attached hydrogen (secondary N) is 2. The second-order valence-electron chi connectivity index (χ2n) is 10.7. The van der Waals surface area contributed by atoms with Crippen molar-refractivity contribution in [1.29, 1.82) is 0 Å². The van der Waals surface area contributed by atoms with Crippen LogP contribution in [-0.4, -0.2) is 68.1 Å². The molecule has 2 N–H and O–H groups in total. The minimum atomic E-state index is -3.30. The molecule has 1 amide bonds. The number of H-pyrrole nitrogens is 1. The predicted octanol–water partition coefficient (Wildman–Crippen LogP) is 5.98. The number of nitrogens with zero attached hydrogens (tertiary/aromatic N) is 2. The highest BCUT2D eigenvalue weighted by atomic mass is 35.5. The Morgan fingerprint density at radius 1 is 1.03 bits per heavy atom. The van der Waals surface area contributed by atoms with Gasteiger partial charge in [-0.25, -0.2) is 8.42 Å². The summed E-state index contributed by atoms with van der Waals surface area (Å²) in [5.41, 5.74) is 3.70. The minimum Gasteiger partial charge on any atom is -0.361 e. The van der Waals surface area contributed by atoms with Gasteiger partial charge in [0.15, 0.2) is 0 Å². The summed E-state index contributed by atoms with van der Waals surface area (Å²) in [5, 5.41) is 2.15. The highest BCUT2D eigenvalue weighted by Crippen LogP contribution is 2.35. The molecule has 10 heteroatoms. The third-order valence-electron chi connectivity index (χ3n) is 7.85. The lowest BCUT2D eigenvalue weighted by Gasteiger charge is -2.37. The van der Waals surface area contributed by atoms with Crippen LogP contribution in [0.1, 0.15) is 42.7 Å². The minimum absolute atomic E-state index is 0.0401. The fourth-order valence-corrected chi connectivity index (χ4v) is 6.64. The summed E-state index contributed by atoms with van der Waals surface area (Å²) in [6.45, 7) is 4.80. The Morgan fingerprint density at radius 3 is 2.46 bits per heavy atom. The Kier molecular flexibility index (Phi) is 8.57. The lowest BCUT2D eigenvalue weighted by atomic mass is 9.88. The van der Waals surface area contributed by atoms with Gasteiger partial charge in [-0.05, 0) is 92.1 Å². The molecule has 5 rings (SSSR count). The fourth-order valence-electron chi connectivity index (χ4n) is 5.78. The number of aromatic amines is 1. The predicted molar refractivity (Wildman–Crippen MR) is 160 cm³/mol. The molecule has 0 radical (unpaired) electrons. The number of piperidine rings is 2. The van der Waals surface area contributed by atoms with Crippen LogP contribution in [0.5, 0.6) is 0 Å². The zero-order chi connectivity index (χ0) is 27.6. The van der Waals surface area contributed by atoms with E-state index in [-0.39, 0.29) is 5.91 Å². The molecule has 2 aliphatic rings. The van der Waals surface area contributed by atoms with Gasteiger partial charge in [0.25, 0.3) is 0 Å². The van der Waals surface area contributed by atoms with Crippen molar-refractivity contribution in [3.63, 3.8) is 0 Å². The number of carbonyl (C=O) groups excluding carboxylic acids is 1. The van der Waals surface area contributed by atoms with Crippen molar-refractivity contribution >= 4 is 61.8 Å². The summed E-state index contributed by atoms with van der Waals surface area (Å²) in [4.78, 5) is 20.5. The van der Waals surface area contributed by atoms with Crippen molar-refractivity contribution in [2.24, 2.45) is 5.92 Å². The maximum absolute atomic E-state index is 12.7. The van der Waals surface area contributed by atoms with Crippen LogP contribution in [0.25, 0.3) is 17.0 Å². The summed E-state index contributed by atoms with van der Waals surface area (Å²) in [6, 6.07) is 11.0. The van der Waals surface area contributed by atoms with Gasteiger partial charge in [0, 0.05) is 42.8 Å². The van der Waals surface area contributed by atoms with Crippen molar-refractivity contribution in [3.05, 3.63) is 69.8 Å². The van der Waals surface area contributed by atoms with Gasteiger partial charge in [0.1, 0.15) is 0 Å². The van der Waals surface area contributed by atoms with Crippen LogP contribution in [0.4, 0.5) is 5.69 Å². The highest BCUT2D eigenvalue weighted by Gasteiger charge is 2.27. The van der Waals surface area contributed by atoms with E-state index in [9.17, 15) is 13.2 Å². The van der Waals surface area contributed by atoms with Gasteiger partial charge < -0.3 is 14.8 Å². The van der Waals surface area contributed by atoms with Crippen molar-refractivity contribution < 1.29 is 13.2 Å². The highest BCUT2D eigenvalue weighted by molar-refractivity contribution is 7.92. The molecule has 3 aromatic rings. The Labute approximate surface area is 240 Å². The second kappa shape index (κ2) is 11.9. The van der Waals surface area contributed by atoms with E-state index in [4.69, 9.17) is 23.2 Å². The normalized spacial score (nSPS) is 18.3. The SMILES string of the molecule is CS(=O)(=O)Nc1ccc2c(C3CCN(CC4CCN(C(=O)/C=C/c5ccc(Cl)c(Cl)c5)CC4)CC3)c[nH]c2c1. The number of sulfonamides is 1. The molecule has 1 aromatic heterocycles. The summed E-state index contributed by atoms with van der Waals surface area (Å²) in [7, 11) is -3.30. The molecule has 0 atom stereocenters. The molecule has 3 heterocycles. The summed E-state index contributed by atoms with van der Waals surface area (Å²) >= 11 is 12.0. The van der Waals surface area contributed by atoms with Crippen molar-refractivity contribution in [3.8, 4) is 0 Å². The number of hydrogen-bond donors (Lipinski definition) is 2. The maximum Gasteiger partial charge on any atom is 0.246 e. The van der Waals surface area contributed by atoms with E-state index in [1.54, 1.807) is 24.3 Å². The van der Waals surface area contributed by atoms with Gasteiger partial charge in [0.05, 0.1) is 22.0 Å². The number of amides is 1. The summed E-state index contributed by atoms with van der Waals surface area (Å²) < 4.78 is 25.6. The van der Waals surface area contributed by atoms with E-state index in [2.05, 4.69) is 20.8 Å². The first-order valence-electron chi connectivity index (χ1n) is 13.4. The number of rotatable bonds is 7. The van der Waals surface area contributed by atoms with Gasteiger partial charge in [-0.15, -0.1) is 0 Å². The smallest absolute Gasteiger partial charge is 0.246 e. The lowest BCUT2D eigenvalue weighted by Crippen LogP contribution is -2.42. The molecule has 7 nitrogen and oxygen atoms in total. The zero-order valence-electron chi connectivity index (χ0n) is 22.0. The van der Waals surface area contributed by atoms with Crippen LogP contribution in [0.15, 0.2) is 48.7 Å². The Balaban J connectivity index is 1.08. The number of likely N-dealkylation sites (tertiary alicyclic amines) is 2. The van der Waals surface area contributed by atoms with Crippen molar-refractivity contribution in [2.45, 2.75) is 31.6 Å². The van der Waals surface area contributed by atoms with Gasteiger partial charge in [-0.2, -0.15) is 0 Å². The lowest BCUT2D eigenvalue weighted by molar-refractivity contribution is -0.127. The Morgan fingerprint density at radius 2 is 1.77 bits per heavy atom. The fraction of sp³-hybridized carbons (Fsp3) is 0.414. The van der Waals surface area contributed by atoms with E-state index in [0.29, 0.717) is 27.6 Å². The monoisotopic (exact) mass is 588 g/mol. The molecule has 208 valence electrons. The van der Waals surface area contributed by atoms with Crippen LogP contribution < -0.4 is 4.72 Å².